The second-order valence-electron chi connectivity index (χ2n) is 6.12. The normalized spacial score (nSPS) is 13.2. The minimum Gasteiger partial charge on any atom is -0.444 e. The van der Waals surface area contributed by atoms with Crippen molar-refractivity contribution >= 4 is 23.8 Å². The molecule has 2 N–H and O–H groups in total. The van der Waals surface area contributed by atoms with Crippen LogP contribution in [0.5, 0.6) is 0 Å². The van der Waals surface area contributed by atoms with Crippen LogP contribution in [-0.2, 0) is 11.2 Å². The van der Waals surface area contributed by atoms with Gasteiger partial charge in [-0.25, -0.2) is 4.79 Å². The van der Waals surface area contributed by atoms with E-state index in [1.54, 1.807) is 19.1 Å². The third kappa shape index (κ3) is 7.48. The van der Waals surface area contributed by atoms with E-state index in [-0.39, 0.29) is 0 Å². The van der Waals surface area contributed by atoms with Crippen molar-refractivity contribution in [2.75, 3.05) is 6.54 Å². The summed E-state index contributed by atoms with van der Waals surface area (Å²) in [4.78, 5) is 11.6. The summed E-state index contributed by atoms with van der Waals surface area (Å²) in [5.41, 5.74) is 1.46. The zero-order valence-electron chi connectivity index (χ0n) is 13.5. The van der Waals surface area contributed by atoms with E-state index < -0.39 is 17.8 Å². The standard InChI is InChI=1S/C17H24ClNO3/c1-12(20)5-6-13-7-8-15(18)11-14(13)9-10-19-16(21)22-17(2,3)4/h5-8,11-12,20H,9-10H2,1-4H3,(H,19,21)/b6-5+/t12-/m0/s1. The van der Waals surface area contributed by atoms with Crippen molar-refractivity contribution in [2.45, 2.75) is 45.8 Å². The lowest BCUT2D eigenvalue weighted by Gasteiger charge is -2.19. The molecule has 1 aromatic rings. The number of halogens is 1. The first kappa shape index (κ1) is 18.5. The molecule has 1 aromatic carbocycles. The maximum Gasteiger partial charge on any atom is 0.407 e. The molecule has 0 aliphatic heterocycles. The van der Waals surface area contributed by atoms with Crippen LogP contribution >= 0.6 is 11.6 Å². The molecule has 4 nitrogen and oxygen atoms in total. The molecule has 0 aliphatic rings. The van der Waals surface area contributed by atoms with E-state index in [0.29, 0.717) is 18.0 Å². The van der Waals surface area contributed by atoms with Gasteiger partial charge in [0, 0.05) is 11.6 Å². The Hall–Kier alpha value is -1.52. The molecule has 1 rings (SSSR count). The van der Waals surface area contributed by atoms with Gasteiger partial charge in [0.2, 0.25) is 0 Å². The van der Waals surface area contributed by atoms with Gasteiger partial charge >= 0.3 is 6.09 Å². The molecule has 0 aliphatic carbocycles. The fraction of sp³-hybridized carbons (Fsp3) is 0.471. The van der Waals surface area contributed by atoms with Crippen LogP contribution in [0.2, 0.25) is 5.02 Å². The Morgan fingerprint density at radius 3 is 2.73 bits per heavy atom. The number of amides is 1. The Morgan fingerprint density at radius 2 is 2.14 bits per heavy atom. The van der Waals surface area contributed by atoms with Crippen LogP contribution < -0.4 is 5.32 Å². The third-order valence-electron chi connectivity index (χ3n) is 2.72. The molecule has 5 heteroatoms. The zero-order valence-corrected chi connectivity index (χ0v) is 14.3. The zero-order chi connectivity index (χ0) is 16.8. The van der Waals surface area contributed by atoms with Crippen molar-refractivity contribution in [2.24, 2.45) is 0 Å². The largest absolute Gasteiger partial charge is 0.444 e. The van der Waals surface area contributed by atoms with Crippen molar-refractivity contribution in [3.8, 4) is 0 Å². The van der Waals surface area contributed by atoms with Gasteiger partial charge in [0.05, 0.1) is 6.10 Å². The van der Waals surface area contributed by atoms with E-state index in [2.05, 4.69) is 5.32 Å². The van der Waals surface area contributed by atoms with Crippen molar-refractivity contribution < 1.29 is 14.6 Å². The monoisotopic (exact) mass is 325 g/mol. The van der Waals surface area contributed by atoms with Gasteiger partial charge in [0.25, 0.3) is 0 Å². The van der Waals surface area contributed by atoms with E-state index in [9.17, 15) is 9.90 Å². The molecule has 0 aromatic heterocycles. The summed E-state index contributed by atoms with van der Waals surface area (Å²) < 4.78 is 5.19. The molecular weight excluding hydrogens is 302 g/mol. The number of rotatable bonds is 5. The van der Waals surface area contributed by atoms with Crippen LogP contribution in [0.1, 0.15) is 38.8 Å². The van der Waals surface area contributed by atoms with Crippen LogP contribution in [0, 0.1) is 0 Å². The molecule has 0 unspecified atom stereocenters. The lowest BCUT2D eigenvalue weighted by Crippen LogP contribution is -2.33. The summed E-state index contributed by atoms with van der Waals surface area (Å²) in [5.74, 6) is 0. The average Bonchev–Trinajstić information content (AvgIpc) is 2.35. The minimum absolute atomic E-state index is 0.435. The predicted molar refractivity (Wildman–Crippen MR) is 90.1 cm³/mol. The Balaban J connectivity index is 2.65. The number of nitrogens with one attached hydrogen (secondary N) is 1. The Kier molecular flexibility index (Phi) is 6.91. The first-order chi connectivity index (χ1) is 10.2. The van der Waals surface area contributed by atoms with Crippen LogP contribution in [0.4, 0.5) is 4.79 Å². The molecule has 122 valence electrons. The lowest BCUT2D eigenvalue weighted by molar-refractivity contribution is 0.0528. The number of ether oxygens (including phenoxy) is 1. The highest BCUT2D eigenvalue weighted by atomic mass is 35.5. The van der Waals surface area contributed by atoms with Crippen LogP contribution in [0.25, 0.3) is 6.08 Å². The highest BCUT2D eigenvalue weighted by Gasteiger charge is 2.15. The molecule has 1 atom stereocenters. The van der Waals surface area contributed by atoms with Crippen LogP contribution in [0.15, 0.2) is 24.3 Å². The highest BCUT2D eigenvalue weighted by Crippen LogP contribution is 2.18. The molecule has 0 radical (unpaired) electrons. The van der Waals surface area contributed by atoms with Gasteiger partial charge in [-0.15, -0.1) is 0 Å². The summed E-state index contributed by atoms with van der Waals surface area (Å²) in [7, 11) is 0. The molecule has 0 saturated heterocycles. The van der Waals surface area contributed by atoms with Crippen molar-refractivity contribution in [1.29, 1.82) is 0 Å². The maximum atomic E-state index is 11.6. The van der Waals surface area contributed by atoms with Gasteiger partial charge in [-0.1, -0.05) is 29.8 Å². The van der Waals surface area contributed by atoms with Crippen molar-refractivity contribution in [3.63, 3.8) is 0 Å². The Labute approximate surface area is 137 Å². The SMILES string of the molecule is C[C@H](O)/C=C/c1ccc(Cl)cc1CCNC(=O)OC(C)(C)C. The summed E-state index contributed by atoms with van der Waals surface area (Å²) in [6, 6.07) is 5.55. The van der Waals surface area contributed by atoms with Crippen LogP contribution in [0.3, 0.4) is 0 Å². The minimum atomic E-state index is -0.511. The average molecular weight is 326 g/mol. The summed E-state index contributed by atoms with van der Waals surface area (Å²) in [5, 5.41) is 12.7. The quantitative estimate of drug-likeness (QED) is 0.865. The number of alkyl carbamates (subject to hydrolysis) is 1. The summed E-state index contributed by atoms with van der Waals surface area (Å²) in [6.07, 6.45) is 3.23. The highest BCUT2D eigenvalue weighted by molar-refractivity contribution is 6.30. The van der Waals surface area contributed by atoms with Gasteiger partial charge < -0.3 is 15.2 Å². The molecule has 0 saturated carbocycles. The van der Waals surface area contributed by atoms with Crippen molar-refractivity contribution in [3.05, 3.63) is 40.4 Å². The Morgan fingerprint density at radius 1 is 1.45 bits per heavy atom. The van der Waals surface area contributed by atoms with Gasteiger partial charge in [-0.3, -0.25) is 0 Å². The lowest BCUT2D eigenvalue weighted by atomic mass is 10.0. The number of aliphatic hydroxyl groups is 1. The molecule has 0 spiro atoms. The molecule has 1 amide bonds. The second kappa shape index (κ2) is 8.20. The van der Waals surface area contributed by atoms with E-state index in [1.165, 1.54) is 0 Å². The first-order valence-corrected chi connectivity index (χ1v) is 7.67. The number of hydrogen-bond acceptors (Lipinski definition) is 3. The predicted octanol–water partition coefficient (Wildman–Crippen LogP) is 3.80. The fourth-order valence-electron chi connectivity index (χ4n) is 1.81. The van der Waals surface area contributed by atoms with E-state index in [1.807, 2.05) is 39.0 Å². The van der Waals surface area contributed by atoms with Gasteiger partial charge in [-0.05, 0) is 57.4 Å². The summed E-state index contributed by atoms with van der Waals surface area (Å²) >= 11 is 6.02. The third-order valence-corrected chi connectivity index (χ3v) is 2.96. The topological polar surface area (TPSA) is 58.6 Å². The number of hydrogen-bond donors (Lipinski definition) is 2. The molecule has 0 heterocycles. The summed E-state index contributed by atoms with van der Waals surface area (Å²) in [6.45, 7) is 7.61. The number of carbonyl (C=O) groups is 1. The molecular formula is C17H24ClNO3. The molecule has 0 fully saturated rings. The maximum absolute atomic E-state index is 11.6. The van der Waals surface area contributed by atoms with E-state index >= 15 is 0 Å². The van der Waals surface area contributed by atoms with Crippen LogP contribution in [-0.4, -0.2) is 29.4 Å². The van der Waals surface area contributed by atoms with Gasteiger partial charge in [0.1, 0.15) is 5.60 Å². The van der Waals surface area contributed by atoms with E-state index in [4.69, 9.17) is 16.3 Å². The molecule has 22 heavy (non-hydrogen) atoms. The molecule has 0 bridgehead atoms. The fourth-order valence-corrected chi connectivity index (χ4v) is 2.00. The Bertz CT molecular complexity index is 533. The second-order valence-corrected chi connectivity index (χ2v) is 6.56. The number of benzene rings is 1. The smallest absolute Gasteiger partial charge is 0.407 e. The van der Waals surface area contributed by atoms with E-state index in [0.717, 1.165) is 11.1 Å². The van der Waals surface area contributed by atoms with Gasteiger partial charge in [0.15, 0.2) is 0 Å². The van der Waals surface area contributed by atoms with Gasteiger partial charge in [-0.2, -0.15) is 0 Å². The first-order valence-electron chi connectivity index (χ1n) is 7.29. The van der Waals surface area contributed by atoms with Crippen molar-refractivity contribution in [1.82, 2.24) is 5.32 Å². The number of carbonyl (C=O) groups excluding carboxylic acids is 1. The number of aliphatic hydroxyl groups excluding tert-OH is 1.